The molecular formula is C21H19ClN6O. The minimum absolute atomic E-state index is 0.674. The number of morpholine rings is 1. The molecule has 4 aromatic rings. The summed E-state index contributed by atoms with van der Waals surface area (Å²) in [5.74, 6) is 1.41. The van der Waals surface area contributed by atoms with Crippen molar-refractivity contribution in [3.8, 4) is 11.3 Å². The molecule has 5 rings (SSSR count). The molecule has 146 valence electrons. The summed E-state index contributed by atoms with van der Waals surface area (Å²) in [5.41, 5.74) is 3.73. The predicted molar refractivity (Wildman–Crippen MR) is 115 cm³/mol. The maximum absolute atomic E-state index is 6.01. The van der Waals surface area contributed by atoms with Crippen LogP contribution in [0.1, 0.15) is 0 Å². The number of anilines is 3. The molecule has 1 fully saturated rings. The van der Waals surface area contributed by atoms with Crippen LogP contribution in [0.15, 0.2) is 54.7 Å². The largest absolute Gasteiger partial charge is 0.378 e. The predicted octanol–water partition coefficient (Wildman–Crippen LogP) is 4.25. The Kier molecular flexibility index (Phi) is 4.75. The summed E-state index contributed by atoms with van der Waals surface area (Å²) in [6.45, 7) is 2.88. The van der Waals surface area contributed by atoms with E-state index in [1.54, 1.807) is 0 Å². The quantitative estimate of drug-likeness (QED) is 0.527. The topological polar surface area (TPSA) is 79.0 Å². The van der Waals surface area contributed by atoms with Gasteiger partial charge in [0.05, 0.1) is 30.6 Å². The van der Waals surface area contributed by atoms with Crippen LogP contribution < -0.4 is 10.2 Å². The average Bonchev–Trinajstić information content (AvgIpc) is 3.24. The van der Waals surface area contributed by atoms with Crippen LogP contribution in [0.2, 0.25) is 5.02 Å². The van der Waals surface area contributed by atoms with E-state index in [0.29, 0.717) is 24.2 Å². The Hall–Kier alpha value is -3.16. The van der Waals surface area contributed by atoms with Crippen molar-refractivity contribution >= 4 is 40.0 Å². The molecule has 0 saturated carbocycles. The maximum Gasteiger partial charge on any atom is 0.228 e. The lowest BCUT2D eigenvalue weighted by Gasteiger charge is -2.27. The highest BCUT2D eigenvalue weighted by atomic mass is 35.5. The van der Waals surface area contributed by atoms with E-state index < -0.39 is 0 Å². The van der Waals surface area contributed by atoms with Gasteiger partial charge in [0, 0.05) is 40.8 Å². The van der Waals surface area contributed by atoms with Gasteiger partial charge in [0.15, 0.2) is 0 Å². The van der Waals surface area contributed by atoms with Crippen LogP contribution in [-0.2, 0) is 4.74 Å². The van der Waals surface area contributed by atoms with Gasteiger partial charge in [0.1, 0.15) is 5.82 Å². The Bertz CT molecular complexity index is 1140. The third kappa shape index (κ3) is 3.87. The zero-order chi connectivity index (χ0) is 19.6. The van der Waals surface area contributed by atoms with Gasteiger partial charge in [-0.3, -0.25) is 5.10 Å². The average molecular weight is 407 g/mol. The number of nitrogens with zero attached hydrogens (tertiary/aromatic N) is 4. The molecule has 1 aliphatic rings. The highest BCUT2D eigenvalue weighted by Crippen LogP contribution is 2.27. The van der Waals surface area contributed by atoms with Crippen LogP contribution in [0.25, 0.3) is 22.2 Å². The summed E-state index contributed by atoms with van der Waals surface area (Å²) in [7, 11) is 0. The van der Waals surface area contributed by atoms with Crippen molar-refractivity contribution in [3.05, 3.63) is 59.8 Å². The molecular weight excluding hydrogens is 388 g/mol. The Morgan fingerprint density at radius 1 is 1.00 bits per heavy atom. The molecule has 0 bridgehead atoms. The Balaban J connectivity index is 1.55. The van der Waals surface area contributed by atoms with Gasteiger partial charge in [-0.2, -0.15) is 10.1 Å². The number of hydrogen-bond acceptors (Lipinski definition) is 6. The number of fused-ring (bicyclic) bond motifs is 1. The number of H-pyrrole nitrogens is 1. The van der Waals surface area contributed by atoms with Gasteiger partial charge in [-0.05, 0) is 30.3 Å². The van der Waals surface area contributed by atoms with Crippen molar-refractivity contribution in [2.45, 2.75) is 0 Å². The Morgan fingerprint density at radius 2 is 1.83 bits per heavy atom. The first-order valence-electron chi connectivity index (χ1n) is 9.42. The van der Waals surface area contributed by atoms with Crippen LogP contribution in [0.3, 0.4) is 0 Å². The van der Waals surface area contributed by atoms with Crippen molar-refractivity contribution in [2.24, 2.45) is 0 Å². The minimum Gasteiger partial charge on any atom is -0.378 e. The van der Waals surface area contributed by atoms with Gasteiger partial charge in [0.2, 0.25) is 5.95 Å². The zero-order valence-electron chi connectivity index (χ0n) is 15.6. The number of nitrogens with one attached hydrogen (secondary N) is 2. The highest BCUT2D eigenvalue weighted by molar-refractivity contribution is 6.30. The normalized spacial score (nSPS) is 14.3. The second-order valence-electron chi connectivity index (χ2n) is 6.84. The molecule has 0 radical (unpaired) electrons. The van der Waals surface area contributed by atoms with E-state index in [1.807, 2.05) is 42.6 Å². The van der Waals surface area contributed by atoms with Gasteiger partial charge in [-0.25, -0.2) is 4.98 Å². The van der Waals surface area contributed by atoms with Crippen LogP contribution in [0.5, 0.6) is 0 Å². The van der Waals surface area contributed by atoms with Gasteiger partial charge < -0.3 is 15.0 Å². The van der Waals surface area contributed by atoms with Crippen LogP contribution >= 0.6 is 11.6 Å². The number of rotatable bonds is 4. The molecule has 7 nitrogen and oxygen atoms in total. The van der Waals surface area contributed by atoms with Gasteiger partial charge in [0.25, 0.3) is 0 Å². The third-order valence-corrected chi connectivity index (χ3v) is 5.11. The Labute approximate surface area is 172 Å². The fraction of sp³-hybridized carbons (Fsp3) is 0.190. The molecule has 0 unspecified atom stereocenters. The molecule has 0 spiro atoms. The molecule has 2 aromatic carbocycles. The monoisotopic (exact) mass is 406 g/mol. The third-order valence-electron chi connectivity index (χ3n) is 4.86. The first kappa shape index (κ1) is 17.9. The number of aromatic nitrogens is 4. The van der Waals surface area contributed by atoms with E-state index in [0.717, 1.165) is 46.8 Å². The van der Waals surface area contributed by atoms with Crippen molar-refractivity contribution in [1.29, 1.82) is 0 Å². The summed E-state index contributed by atoms with van der Waals surface area (Å²) < 4.78 is 5.48. The summed E-state index contributed by atoms with van der Waals surface area (Å²) in [6.07, 6.45) is 1.81. The van der Waals surface area contributed by atoms with Crippen molar-refractivity contribution in [3.63, 3.8) is 0 Å². The first-order chi connectivity index (χ1) is 14.2. The summed E-state index contributed by atoms with van der Waals surface area (Å²) >= 11 is 6.01. The SMILES string of the molecule is Clc1ccc(Nc2cc(-c3ccc4cn[nH]c4c3)nc(N3CCOCC3)n2)cc1. The Morgan fingerprint density at radius 3 is 2.66 bits per heavy atom. The molecule has 29 heavy (non-hydrogen) atoms. The zero-order valence-corrected chi connectivity index (χ0v) is 16.4. The summed E-state index contributed by atoms with van der Waals surface area (Å²) in [5, 5.41) is 12.2. The van der Waals surface area contributed by atoms with Gasteiger partial charge in [-0.1, -0.05) is 23.7 Å². The smallest absolute Gasteiger partial charge is 0.228 e. The second kappa shape index (κ2) is 7.69. The second-order valence-corrected chi connectivity index (χ2v) is 7.28. The van der Waals surface area contributed by atoms with Crippen molar-refractivity contribution < 1.29 is 4.74 Å². The standard InChI is InChI=1S/C21H19ClN6O/c22-16-3-5-17(6-4-16)24-20-12-18(14-1-2-15-13-23-27-19(15)11-14)25-21(26-20)28-7-9-29-10-8-28/h1-6,11-13H,7-10H2,(H,23,27)(H,24,25,26). The highest BCUT2D eigenvalue weighted by Gasteiger charge is 2.17. The van der Waals surface area contributed by atoms with E-state index in [9.17, 15) is 0 Å². The van der Waals surface area contributed by atoms with Gasteiger partial charge in [-0.15, -0.1) is 0 Å². The fourth-order valence-corrected chi connectivity index (χ4v) is 3.45. The summed E-state index contributed by atoms with van der Waals surface area (Å²) in [6, 6.07) is 15.6. The lowest BCUT2D eigenvalue weighted by molar-refractivity contribution is 0.122. The number of halogens is 1. The molecule has 0 aliphatic carbocycles. The molecule has 0 atom stereocenters. The lowest BCUT2D eigenvalue weighted by atomic mass is 10.1. The molecule has 8 heteroatoms. The molecule has 1 aliphatic heterocycles. The van der Waals surface area contributed by atoms with E-state index >= 15 is 0 Å². The van der Waals surface area contributed by atoms with E-state index in [1.165, 1.54) is 0 Å². The van der Waals surface area contributed by atoms with E-state index in [2.05, 4.69) is 32.5 Å². The molecule has 3 heterocycles. The maximum atomic E-state index is 6.01. The van der Waals surface area contributed by atoms with Crippen LogP contribution in [0, 0.1) is 0 Å². The van der Waals surface area contributed by atoms with E-state index in [4.69, 9.17) is 26.3 Å². The number of benzene rings is 2. The van der Waals surface area contributed by atoms with Crippen LogP contribution in [-0.4, -0.2) is 46.5 Å². The number of hydrogen-bond donors (Lipinski definition) is 2. The number of ether oxygens (including phenoxy) is 1. The fourth-order valence-electron chi connectivity index (χ4n) is 3.33. The molecule has 2 N–H and O–H groups in total. The van der Waals surface area contributed by atoms with E-state index in [-0.39, 0.29) is 0 Å². The van der Waals surface area contributed by atoms with Gasteiger partial charge >= 0.3 is 0 Å². The molecule has 2 aromatic heterocycles. The minimum atomic E-state index is 0.674. The molecule has 1 saturated heterocycles. The first-order valence-corrected chi connectivity index (χ1v) is 9.80. The van der Waals surface area contributed by atoms with Crippen molar-refractivity contribution in [2.75, 3.05) is 36.5 Å². The number of aromatic amines is 1. The molecule has 0 amide bonds. The van der Waals surface area contributed by atoms with Crippen molar-refractivity contribution in [1.82, 2.24) is 20.2 Å². The summed E-state index contributed by atoms with van der Waals surface area (Å²) in [4.78, 5) is 11.7. The van der Waals surface area contributed by atoms with Crippen LogP contribution in [0.4, 0.5) is 17.5 Å². The lowest BCUT2D eigenvalue weighted by Crippen LogP contribution is -2.37.